The first-order valence-electron chi connectivity index (χ1n) is 9.90. The van der Waals surface area contributed by atoms with Crippen LogP contribution in [0.1, 0.15) is 30.7 Å². The molecule has 0 aliphatic carbocycles. The molecule has 4 atom stereocenters. The number of rotatable bonds is 4. The second kappa shape index (κ2) is 7.18. The lowest BCUT2D eigenvalue weighted by Gasteiger charge is -2.38. The van der Waals surface area contributed by atoms with Gasteiger partial charge in [-0.3, -0.25) is 0 Å². The molecule has 3 heteroatoms. The molecule has 3 aromatic rings. The van der Waals surface area contributed by atoms with E-state index in [1.807, 2.05) is 6.07 Å². The van der Waals surface area contributed by atoms with Gasteiger partial charge in [-0.05, 0) is 54.3 Å². The minimum absolute atomic E-state index is 0.459. The molecule has 0 spiro atoms. The first-order chi connectivity index (χ1) is 13.3. The fourth-order valence-corrected chi connectivity index (χ4v) is 5.19. The number of benzene rings is 3. The van der Waals surface area contributed by atoms with Gasteiger partial charge in [0.2, 0.25) is 0 Å². The normalized spacial score (nSPS) is 27.0. The Balaban J connectivity index is 1.42. The zero-order valence-electron chi connectivity index (χ0n) is 15.3. The smallest absolute Gasteiger partial charge is 0.127 e. The Hall–Kier alpha value is -2.03. The van der Waals surface area contributed by atoms with Gasteiger partial charge in [0.15, 0.2) is 0 Å². The van der Waals surface area contributed by atoms with Crippen LogP contribution in [0.15, 0.2) is 66.7 Å². The summed E-state index contributed by atoms with van der Waals surface area (Å²) in [5.41, 5.74) is 1.35. The summed E-state index contributed by atoms with van der Waals surface area (Å²) in [5, 5.41) is 7.05. The molecule has 2 unspecified atom stereocenters. The third-order valence-corrected chi connectivity index (χ3v) is 6.54. The molecule has 0 amide bonds. The molecule has 0 saturated carbocycles. The van der Waals surface area contributed by atoms with Gasteiger partial charge in [0.05, 0.1) is 6.61 Å². The second-order valence-electron chi connectivity index (χ2n) is 7.90. The van der Waals surface area contributed by atoms with Crippen molar-refractivity contribution in [2.45, 2.75) is 37.3 Å². The Labute approximate surface area is 165 Å². The van der Waals surface area contributed by atoms with Crippen LogP contribution in [0.3, 0.4) is 0 Å². The van der Waals surface area contributed by atoms with Gasteiger partial charge in [-0.2, -0.15) is 0 Å². The van der Waals surface area contributed by atoms with E-state index in [0.29, 0.717) is 23.9 Å². The highest BCUT2D eigenvalue weighted by molar-refractivity contribution is 6.30. The van der Waals surface area contributed by atoms with Crippen LogP contribution in [0.2, 0.25) is 5.02 Å². The Kier molecular flexibility index (Phi) is 4.55. The molecule has 3 aromatic carbocycles. The zero-order valence-corrected chi connectivity index (χ0v) is 16.0. The average molecular weight is 378 g/mol. The molecule has 1 N–H and O–H groups in total. The van der Waals surface area contributed by atoms with Crippen molar-refractivity contribution < 1.29 is 4.74 Å². The number of piperidine rings is 1. The van der Waals surface area contributed by atoms with E-state index in [-0.39, 0.29) is 0 Å². The average Bonchev–Trinajstić information content (AvgIpc) is 3.09. The van der Waals surface area contributed by atoms with Gasteiger partial charge in [0.25, 0.3) is 0 Å². The van der Waals surface area contributed by atoms with Crippen molar-refractivity contribution >= 4 is 22.4 Å². The summed E-state index contributed by atoms with van der Waals surface area (Å²) in [6.45, 7) is 0.732. The Morgan fingerprint density at radius 2 is 1.81 bits per heavy atom. The number of halogens is 1. The maximum atomic E-state index is 6.42. The van der Waals surface area contributed by atoms with Crippen LogP contribution in [0, 0.1) is 5.92 Å². The van der Waals surface area contributed by atoms with Crippen molar-refractivity contribution in [2.24, 2.45) is 5.92 Å². The maximum absolute atomic E-state index is 6.42. The highest BCUT2D eigenvalue weighted by atomic mass is 35.5. The summed E-state index contributed by atoms with van der Waals surface area (Å²) in [6.07, 6.45) is 3.68. The van der Waals surface area contributed by atoms with Crippen molar-refractivity contribution in [2.75, 3.05) is 6.61 Å². The van der Waals surface area contributed by atoms with Crippen molar-refractivity contribution in [1.82, 2.24) is 5.32 Å². The third kappa shape index (κ3) is 3.33. The van der Waals surface area contributed by atoms with Gasteiger partial charge in [0, 0.05) is 28.4 Å². The number of ether oxygens (including phenoxy) is 1. The van der Waals surface area contributed by atoms with Gasteiger partial charge in [-0.15, -0.1) is 0 Å². The minimum Gasteiger partial charge on any atom is -0.493 e. The predicted molar refractivity (Wildman–Crippen MR) is 112 cm³/mol. The summed E-state index contributed by atoms with van der Waals surface area (Å²) in [5.74, 6) is 1.94. The lowest BCUT2D eigenvalue weighted by Crippen LogP contribution is -2.46. The largest absolute Gasteiger partial charge is 0.493 e. The molecule has 2 saturated heterocycles. The summed E-state index contributed by atoms with van der Waals surface area (Å²) >= 11 is 6.29. The van der Waals surface area contributed by atoms with E-state index in [0.717, 1.165) is 17.4 Å². The van der Waals surface area contributed by atoms with Crippen LogP contribution in [-0.4, -0.2) is 18.7 Å². The Bertz CT molecular complexity index is 951. The number of nitrogens with one attached hydrogen (secondary N) is 1. The molecule has 5 rings (SSSR count). The van der Waals surface area contributed by atoms with Crippen molar-refractivity contribution in [3.05, 3.63) is 77.3 Å². The summed E-state index contributed by atoms with van der Waals surface area (Å²) in [6, 6.07) is 24.3. The van der Waals surface area contributed by atoms with E-state index in [2.05, 4.69) is 66.0 Å². The van der Waals surface area contributed by atoms with Crippen molar-refractivity contribution in [3.8, 4) is 5.75 Å². The van der Waals surface area contributed by atoms with Gasteiger partial charge < -0.3 is 10.1 Å². The standard InChI is InChI=1S/C24H24ClNO/c25-18-8-3-7-17(13-18)21-14-19-11-12-23(26-19)22(21)15-27-24-10-4-6-16-5-1-2-9-20(16)24/h1-10,13,19,21-23,26H,11-12,14-15H2/t19?,21-,22-,23?/m1/s1. The molecule has 0 radical (unpaired) electrons. The van der Waals surface area contributed by atoms with Gasteiger partial charge in [-0.25, -0.2) is 0 Å². The topological polar surface area (TPSA) is 21.3 Å². The molecule has 2 nitrogen and oxygen atoms in total. The third-order valence-electron chi connectivity index (χ3n) is 6.31. The fraction of sp³-hybridized carbons (Fsp3) is 0.333. The van der Waals surface area contributed by atoms with E-state index in [4.69, 9.17) is 16.3 Å². The van der Waals surface area contributed by atoms with Gasteiger partial charge >= 0.3 is 0 Å². The van der Waals surface area contributed by atoms with E-state index >= 15 is 0 Å². The highest BCUT2D eigenvalue weighted by Gasteiger charge is 2.42. The Morgan fingerprint density at radius 3 is 2.74 bits per heavy atom. The number of fused-ring (bicyclic) bond motifs is 3. The van der Waals surface area contributed by atoms with Gasteiger partial charge in [-0.1, -0.05) is 60.1 Å². The van der Waals surface area contributed by atoms with E-state index in [9.17, 15) is 0 Å². The first kappa shape index (κ1) is 17.1. The first-order valence-corrected chi connectivity index (χ1v) is 10.3. The molecule has 2 heterocycles. The maximum Gasteiger partial charge on any atom is 0.127 e. The summed E-state index contributed by atoms with van der Waals surface area (Å²) in [7, 11) is 0. The van der Waals surface area contributed by atoms with Crippen LogP contribution in [0.5, 0.6) is 5.75 Å². The van der Waals surface area contributed by atoms with Crippen LogP contribution in [-0.2, 0) is 0 Å². The second-order valence-corrected chi connectivity index (χ2v) is 8.33. The number of hydrogen-bond donors (Lipinski definition) is 1. The minimum atomic E-state index is 0.459. The molecule has 2 fully saturated rings. The van der Waals surface area contributed by atoms with E-state index < -0.39 is 0 Å². The Morgan fingerprint density at radius 1 is 0.963 bits per heavy atom. The number of hydrogen-bond acceptors (Lipinski definition) is 2. The summed E-state index contributed by atoms with van der Waals surface area (Å²) in [4.78, 5) is 0. The fourth-order valence-electron chi connectivity index (χ4n) is 5.00. The van der Waals surface area contributed by atoms with Crippen LogP contribution in [0.4, 0.5) is 0 Å². The quantitative estimate of drug-likeness (QED) is 0.620. The van der Waals surface area contributed by atoms with Crippen LogP contribution in [0.25, 0.3) is 10.8 Å². The van der Waals surface area contributed by atoms with Crippen LogP contribution >= 0.6 is 11.6 Å². The molecular formula is C24H24ClNO. The molecule has 138 valence electrons. The lowest BCUT2D eigenvalue weighted by molar-refractivity contribution is 0.160. The SMILES string of the molecule is Clc1cccc([C@H]2CC3CCC(N3)[C@@H]2COc2cccc3ccccc23)c1. The predicted octanol–water partition coefficient (Wildman–Crippen LogP) is 5.80. The van der Waals surface area contributed by atoms with Crippen molar-refractivity contribution in [1.29, 1.82) is 0 Å². The van der Waals surface area contributed by atoms with E-state index in [1.54, 1.807) is 0 Å². The summed E-state index contributed by atoms with van der Waals surface area (Å²) < 4.78 is 6.42. The van der Waals surface area contributed by atoms with Gasteiger partial charge in [0.1, 0.15) is 5.75 Å². The molecule has 2 aliphatic rings. The molecule has 0 aromatic heterocycles. The molecular weight excluding hydrogens is 354 g/mol. The lowest BCUT2D eigenvalue weighted by atomic mass is 9.77. The molecule has 2 bridgehead atoms. The van der Waals surface area contributed by atoms with Crippen LogP contribution < -0.4 is 10.1 Å². The highest BCUT2D eigenvalue weighted by Crippen LogP contribution is 2.42. The van der Waals surface area contributed by atoms with E-state index in [1.165, 1.54) is 35.6 Å². The zero-order chi connectivity index (χ0) is 18.2. The van der Waals surface area contributed by atoms with Crippen molar-refractivity contribution in [3.63, 3.8) is 0 Å². The molecule has 27 heavy (non-hydrogen) atoms. The molecule has 2 aliphatic heterocycles. The monoisotopic (exact) mass is 377 g/mol.